The van der Waals surface area contributed by atoms with Crippen LogP contribution in [0, 0.1) is 13.8 Å². The van der Waals surface area contributed by atoms with Crippen LogP contribution >= 0.6 is 0 Å². The smallest absolute Gasteiger partial charge is 0.130 e. The van der Waals surface area contributed by atoms with Crippen molar-refractivity contribution in [3.05, 3.63) is 47.7 Å². The first-order valence-electron chi connectivity index (χ1n) is 9.17. The number of aryl methyl sites for hydroxylation is 2. The van der Waals surface area contributed by atoms with E-state index in [4.69, 9.17) is 4.74 Å². The molecule has 136 valence electrons. The molecule has 3 aromatic rings. The van der Waals surface area contributed by atoms with Gasteiger partial charge in [-0.1, -0.05) is 12.1 Å². The normalized spacial score (nSPS) is 20.0. The second-order valence-electron chi connectivity index (χ2n) is 7.28. The van der Waals surface area contributed by atoms with Crippen molar-refractivity contribution in [1.82, 2.24) is 19.5 Å². The summed E-state index contributed by atoms with van der Waals surface area (Å²) in [7, 11) is 0. The quantitative estimate of drug-likeness (QED) is 0.762. The second-order valence-corrected chi connectivity index (χ2v) is 7.28. The van der Waals surface area contributed by atoms with E-state index in [1.54, 1.807) is 0 Å². The molecule has 1 saturated heterocycles. The highest BCUT2D eigenvalue weighted by atomic mass is 16.5. The molecule has 26 heavy (non-hydrogen) atoms. The molecule has 3 heterocycles. The van der Waals surface area contributed by atoms with Crippen LogP contribution in [0.5, 0.6) is 0 Å². The van der Waals surface area contributed by atoms with Crippen LogP contribution in [0.15, 0.2) is 30.3 Å². The summed E-state index contributed by atoms with van der Waals surface area (Å²) in [5.41, 5.74) is 3.02. The van der Waals surface area contributed by atoms with Crippen LogP contribution in [-0.2, 0) is 11.3 Å². The molecule has 6 heteroatoms. The number of imidazole rings is 1. The number of nitrogens with zero attached hydrogens (tertiary/aromatic N) is 4. The lowest BCUT2D eigenvalue weighted by Gasteiger charge is -2.23. The van der Waals surface area contributed by atoms with Gasteiger partial charge in [-0.05, 0) is 45.7 Å². The molecule has 1 N–H and O–H groups in total. The number of benzene rings is 1. The predicted molar refractivity (Wildman–Crippen MR) is 102 cm³/mol. The first-order chi connectivity index (χ1) is 12.5. The van der Waals surface area contributed by atoms with E-state index in [2.05, 4.69) is 37.8 Å². The summed E-state index contributed by atoms with van der Waals surface area (Å²) >= 11 is 0. The van der Waals surface area contributed by atoms with Crippen LogP contribution in [-0.4, -0.2) is 38.3 Å². The standard InChI is InChI=1S/C20H25N5O/c1-14-22-16(11-19(23-14)21-13-20(3)9-6-10-26-20)12-25-15(2)24-17-7-4-5-8-18(17)25/h4-5,7-8,11H,6,9-10,12-13H2,1-3H3,(H,21,22,23)/t20-/m0/s1. The van der Waals surface area contributed by atoms with Gasteiger partial charge < -0.3 is 14.6 Å². The molecule has 1 aliphatic rings. The van der Waals surface area contributed by atoms with Gasteiger partial charge >= 0.3 is 0 Å². The molecule has 1 aliphatic heterocycles. The van der Waals surface area contributed by atoms with Gasteiger partial charge in [-0.25, -0.2) is 15.0 Å². The van der Waals surface area contributed by atoms with E-state index in [0.717, 1.165) is 60.2 Å². The molecule has 1 atom stereocenters. The van der Waals surface area contributed by atoms with Gasteiger partial charge in [0.25, 0.3) is 0 Å². The van der Waals surface area contributed by atoms with E-state index in [1.165, 1.54) is 0 Å². The van der Waals surface area contributed by atoms with Gasteiger partial charge in [0.1, 0.15) is 17.5 Å². The molecular weight excluding hydrogens is 326 g/mol. The number of aromatic nitrogens is 4. The summed E-state index contributed by atoms with van der Waals surface area (Å²) in [6.45, 7) is 8.41. The molecule has 0 amide bonds. The Hall–Kier alpha value is -2.47. The van der Waals surface area contributed by atoms with Crippen LogP contribution in [0.4, 0.5) is 5.82 Å². The minimum atomic E-state index is -0.101. The van der Waals surface area contributed by atoms with Crippen molar-refractivity contribution in [3.8, 4) is 0 Å². The monoisotopic (exact) mass is 351 g/mol. The van der Waals surface area contributed by atoms with Crippen molar-refractivity contribution in [3.63, 3.8) is 0 Å². The van der Waals surface area contributed by atoms with E-state index in [-0.39, 0.29) is 5.60 Å². The predicted octanol–water partition coefficient (Wildman–Crippen LogP) is 3.47. The Kier molecular flexibility index (Phi) is 4.36. The zero-order valence-electron chi connectivity index (χ0n) is 15.6. The Morgan fingerprint density at radius 1 is 1.19 bits per heavy atom. The number of hydrogen-bond acceptors (Lipinski definition) is 5. The Morgan fingerprint density at radius 2 is 2.04 bits per heavy atom. The minimum Gasteiger partial charge on any atom is -0.373 e. The second kappa shape index (κ2) is 6.68. The zero-order chi connectivity index (χ0) is 18.1. The van der Waals surface area contributed by atoms with Gasteiger partial charge in [-0.15, -0.1) is 0 Å². The molecule has 6 nitrogen and oxygen atoms in total. The molecule has 0 spiro atoms. The molecule has 1 aromatic carbocycles. The van der Waals surface area contributed by atoms with Crippen molar-refractivity contribution in [2.75, 3.05) is 18.5 Å². The van der Waals surface area contributed by atoms with Crippen molar-refractivity contribution in [1.29, 1.82) is 0 Å². The summed E-state index contributed by atoms with van der Waals surface area (Å²) in [6.07, 6.45) is 2.20. The lowest BCUT2D eigenvalue weighted by atomic mass is 10.0. The molecule has 2 aromatic heterocycles. The Labute approximate surface area is 153 Å². The highest BCUT2D eigenvalue weighted by molar-refractivity contribution is 5.75. The molecule has 0 bridgehead atoms. The maximum Gasteiger partial charge on any atom is 0.130 e. The molecule has 0 aliphatic carbocycles. The number of ether oxygens (including phenoxy) is 1. The molecule has 0 radical (unpaired) electrons. The minimum absolute atomic E-state index is 0.101. The van der Waals surface area contributed by atoms with E-state index in [1.807, 2.05) is 38.1 Å². The van der Waals surface area contributed by atoms with Crippen LogP contribution in [0.3, 0.4) is 0 Å². The summed E-state index contributed by atoms with van der Waals surface area (Å²) in [4.78, 5) is 13.8. The Morgan fingerprint density at radius 3 is 2.85 bits per heavy atom. The summed E-state index contributed by atoms with van der Waals surface area (Å²) in [5, 5.41) is 3.44. The summed E-state index contributed by atoms with van der Waals surface area (Å²) < 4.78 is 8.05. The van der Waals surface area contributed by atoms with E-state index in [0.29, 0.717) is 6.54 Å². The van der Waals surface area contributed by atoms with Crippen LogP contribution < -0.4 is 5.32 Å². The van der Waals surface area contributed by atoms with Gasteiger partial charge in [0.2, 0.25) is 0 Å². The SMILES string of the molecule is Cc1nc(Cn2c(C)nc3ccccc32)cc(NC[C@]2(C)CCCO2)n1. The molecule has 1 fully saturated rings. The first kappa shape index (κ1) is 17.0. The maximum atomic E-state index is 5.85. The largest absolute Gasteiger partial charge is 0.373 e. The number of hydrogen-bond donors (Lipinski definition) is 1. The number of rotatable bonds is 5. The van der Waals surface area contributed by atoms with Crippen LogP contribution in [0.1, 0.15) is 37.1 Å². The average molecular weight is 351 g/mol. The van der Waals surface area contributed by atoms with Crippen molar-refractivity contribution >= 4 is 16.9 Å². The lowest BCUT2D eigenvalue weighted by molar-refractivity contribution is 0.0314. The highest BCUT2D eigenvalue weighted by Crippen LogP contribution is 2.25. The summed E-state index contributed by atoms with van der Waals surface area (Å²) in [5.74, 6) is 2.61. The van der Waals surface area contributed by atoms with Gasteiger partial charge in [0, 0.05) is 19.2 Å². The third kappa shape index (κ3) is 3.42. The third-order valence-electron chi connectivity index (χ3n) is 5.00. The van der Waals surface area contributed by atoms with E-state index >= 15 is 0 Å². The lowest BCUT2D eigenvalue weighted by Crippen LogP contribution is -2.32. The number of nitrogens with one attached hydrogen (secondary N) is 1. The van der Waals surface area contributed by atoms with Gasteiger partial charge in [-0.3, -0.25) is 0 Å². The highest BCUT2D eigenvalue weighted by Gasteiger charge is 2.29. The molecule has 0 unspecified atom stereocenters. The van der Waals surface area contributed by atoms with Crippen LogP contribution in [0.25, 0.3) is 11.0 Å². The van der Waals surface area contributed by atoms with Crippen molar-refractivity contribution in [2.45, 2.75) is 45.8 Å². The Balaban J connectivity index is 1.57. The molecular formula is C20H25N5O. The Bertz CT molecular complexity index is 927. The number of anilines is 1. The van der Waals surface area contributed by atoms with E-state index < -0.39 is 0 Å². The topological polar surface area (TPSA) is 64.9 Å². The molecule has 0 saturated carbocycles. The van der Waals surface area contributed by atoms with E-state index in [9.17, 15) is 0 Å². The fourth-order valence-electron chi connectivity index (χ4n) is 3.61. The number of fused-ring (bicyclic) bond motifs is 1. The summed E-state index contributed by atoms with van der Waals surface area (Å²) in [6, 6.07) is 10.2. The fourth-order valence-corrected chi connectivity index (χ4v) is 3.61. The van der Waals surface area contributed by atoms with Crippen molar-refractivity contribution in [2.24, 2.45) is 0 Å². The first-order valence-corrected chi connectivity index (χ1v) is 9.17. The van der Waals surface area contributed by atoms with Gasteiger partial charge in [0.05, 0.1) is 28.9 Å². The van der Waals surface area contributed by atoms with Gasteiger partial charge in [0.15, 0.2) is 0 Å². The number of para-hydroxylation sites is 2. The third-order valence-corrected chi connectivity index (χ3v) is 5.00. The average Bonchev–Trinajstić information content (AvgIpc) is 3.17. The van der Waals surface area contributed by atoms with Crippen molar-refractivity contribution < 1.29 is 4.74 Å². The van der Waals surface area contributed by atoms with Gasteiger partial charge in [-0.2, -0.15) is 0 Å². The molecule has 4 rings (SSSR count). The zero-order valence-corrected chi connectivity index (χ0v) is 15.6. The van der Waals surface area contributed by atoms with Crippen LogP contribution in [0.2, 0.25) is 0 Å². The maximum absolute atomic E-state index is 5.85. The fraction of sp³-hybridized carbons (Fsp3) is 0.450.